The van der Waals surface area contributed by atoms with Crippen molar-refractivity contribution in [1.29, 1.82) is 0 Å². The van der Waals surface area contributed by atoms with Gasteiger partial charge in [-0.3, -0.25) is 4.79 Å². The Balaban J connectivity index is 1.73. The number of hydrogen-bond donors (Lipinski definition) is 2. The Kier molecular flexibility index (Phi) is 7.96. The summed E-state index contributed by atoms with van der Waals surface area (Å²) in [6.45, 7) is 3.68. The van der Waals surface area contributed by atoms with Gasteiger partial charge in [-0.15, -0.1) is 0 Å². The molecule has 1 amide bonds. The third-order valence-electron chi connectivity index (χ3n) is 2.55. The average molecular weight is 244 g/mol. The second-order valence-electron chi connectivity index (χ2n) is 4.30. The first-order chi connectivity index (χ1) is 8.33. The van der Waals surface area contributed by atoms with Gasteiger partial charge in [0.1, 0.15) is 0 Å². The number of rotatable bonds is 11. The lowest BCUT2D eigenvalue weighted by Crippen LogP contribution is -2.29. The Morgan fingerprint density at radius 2 is 2.06 bits per heavy atom. The maximum Gasteiger partial charge on any atom is 0.221 e. The van der Waals surface area contributed by atoms with Crippen LogP contribution in [0.5, 0.6) is 0 Å². The number of nitrogens with one attached hydrogen (secondary N) is 2. The van der Waals surface area contributed by atoms with E-state index in [9.17, 15) is 4.79 Å². The quantitative estimate of drug-likeness (QED) is 0.513. The summed E-state index contributed by atoms with van der Waals surface area (Å²) in [5, 5.41) is 6.19. The Morgan fingerprint density at radius 3 is 2.76 bits per heavy atom. The van der Waals surface area contributed by atoms with Crippen molar-refractivity contribution in [1.82, 2.24) is 10.6 Å². The van der Waals surface area contributed by atoms with Crippen LogP contribution in [0.3, 0.4) is 0 Å². The molecule has 0 aliphatic heterocycles. The molecule has 1 rings (SSSR count). The van der Waals surface area contributed by atoms with Gasteiger partial charge < -0.3 is 20.1 Å². The molecule has 0 aromatic rings. The van der Waals surface area contributed by atoms with E-state index in [0.717, 1.165) is 39.0 Å². The largest absolute Gasteiger partial charge is 0.382 e. The summed E-state index contributed by atoms with van der Waals surface area (Å²) in [5.41, 5.74) is 0. The molecule has 5 nitrogen and oxygen atoms in total. The maximum atomic E-state index is 11.3. The van der Waals surface area contributed by atoms with E-state index in [1.807, 2.05) is 0 Å². The smallest absolute Gasteiger partial charge is 0.221 e. The molecule has 0 radical (unpaired) electrons. The zero-order valence-electron chi connectivity index (χ0n) is 10.7. The zero-order chi connectivity index (χ0) is 12.3. The number of carbonyl (C=O) groups is 1. The fourth-order valence-electron chi connectivity index (χ4n) is 1.40. The van der Waals surface area contributed by atoms with Crippen LogP contribution in [0, 0.1) is 0 Å². The molecule has 1 aliphatic carbocycles. The molecule has 1 fully saturated rings. The fourth-order valence-corrected chi connectivity index (χ4v) is 1.40. The van der Waals surface area contributed by atoms with Gasteiger partial charge in [0.05, 0.1) is 13.2 Å². The summed E-state index contributed by atoms with van der Waals surface area (Å²) in [6, 6.07) is 0.469. The van der Waals surface area contributed by atoms with Crippen molar-refractivity contribution < 1.29 is 14.3 Å². The van der Waals surface area contributed by atoms with Gasteiger partial charge >= 0.3 is 0 Å². The van der Waals surface area contributed by atoms with E-state index in [4.69, 9.17) is 9.47 Å². The Bertz CT molecular complexity index is 208. The van der Waals surface area contributed by atoms with Crippen molar-refractivity contribution in [3.8, 4) is 0 Å². The van der Waals surface area contributed by atoms with Crippen LogP contribution in [-0.4, -0.2) is 52.0 Å². The third kappa shape index (κ3) is 9.09. The van der Waals surface area contributed by atoms with Crippen molar-refractivity contribution >= 4 is 5.91 Å². The number of ether oxygens (including phenoxy) is 2. The van der Waals surface area contributed by atoms with Crippen LogP contribution < -0.4 is 10.6 Å². The van der Waals surface area contributed by atoms with Gasteiger partial charge in [-0.25, -0.2) is 0 Å². The minimum atomic E-state index is 0.163. The van der Waals surface area contributed by atoms with Crippen molar-refractivity contribution in [3.63, 3.8) is 0 Å². The van der Waals surface area contributed by atoms with Gasteiger partial charge in [0, 0.05) is 32.7 Å². The second-order valence-corrected chi connectivity index (χ2v) is 4.30. The van der Waals surface area contributed by atoms with Crippen LogP contribution in [0.1, 0.15) is 25.7 Å². The molecule has 0 spiro atoms. The number of carbonyl (C=O) groups excluding carboxylic acids is 1. The molecule has 0 unspecified atom stereocenters. The molecule has 0 heterocycles. The first-order valence-electron chi connectivity index (χ1n) is 6.39. The van der Waals surface area contributed by atoms with Crippen LogP contribution in [0.15, 0.2) is 0 Å². The van der Waals surface area contributed by atoms with Gasteiger partial charge in [0.15, 0.2) is 0 Å². The summed E-state index contributed by atoms with van der Waals surface area (Å²) in [4.78, 5) is 11.3. The van der Waals surface area contributed by atoms with E-state index in [1.165, 1.54) is 0 Å². The van der Waals surface area contributed by atoms with E-state index in [-0.39, 0.29) is 5.91 Å². The predicted molar refractivity (Wildman–Crippen MR) is 66.0 cm³/mol. The summed E-state index contributed by atoms with van der Waals surface area (Å²) < 4.78 is 10.2. The SMILES string of the molecule is COCCOCCCNCCC(=O)NC1CC1. The summed E-state index contributed by atoms with van der Waals surface area (Å²) in [7, 11) is 1.66. The molecule has 5 heteroatoms. The highest BCUT2D eigenvalue weighted by atomic mass is 16.5. The van der Waals surface area contributed by atoms with Crippen molar-refractivity contribution in [2.75, 3.05) is 40.0 Å². The van der Waals surface area contributed by atoms with E-state index in [0.29, 0.717) is 25.7 Å². The van der Waals surface area contributed by atoms with Crippen molar-refractivity contribution in [2.45, 2.75) is 31.7 Å². The number of methoxy groups -OCH3 is 1. The van der Waals surface area contributed by atoms with E-state index in [1.54, 1.807) is 7.11 Å². The lowest BCUT2D eigenvalue weighted by molar-refractivity contribution is -0.121. The topological polar surface area (TPSA) is 59.6 Å². The standard InChI is InChI=1S/C12H24N2O3/c1-16-9-10-17-8-2-6-13-7-5-12(15)14-11-3-4-11/h11,13H,2-10H2,1H3,(H,14,15). The lowest BCUT2D eigenvalue weighted by Gasteiger charge is -2.06. The van der Waals surface area contributed by atoms with Gasteiger partial charge in [-0.2, -0.15) is 0 Å². The minimum Gasteiger partial charge on any atom is -0.382 e. The molecule has 0 aromatic carbocycles. The second kappa shape index (κ2) is 9.39. The Labute approximate surface area is 103 Å². The van der Waals surface area contributed by atoms with Crippen LogP contribution in [0.4, 0.5) is 0 Å². The van der Waals surface area contributed by atoms with Crippen LogP contribution >= 0.6 is 0 Å². The van der Waals surface area contributed by atoms with Gasteiger partial charge in [-0.05, 0) is 25.8 Å². The molecular weight excluding hydrogens is 220 g/mol. The van der Waals surface area contributed by atoms with Gasteiger partial charge in [0.2, 0.25) is 5.91 Å². The first-order valence-corrected chi connectivity index (χ1v) is 6.39. The summed E-state index contributed by atoms with van der Waals surface area (Å²) in [6.07, 6.45) is 3.84. The lowest BCUT2D eigenvalue weighted by atomic mass is 10.3. The molecule has 0 saturated heterocycles. The van der Waals surface area contributed by atoms with E-state index >= 15 is 0 Å². The predicted octanol–water partition coefficient (Wildman–Crippen LogP) is 0.298. The molecule has 1 aliphatic rings. The highest BCUT2D eigenvalue weighted by Gasteiger charge is 2.22. The molecule has 1 saturated carbocycles. The number of amides is 1. The average Bonchev–Trinajstić information content (AvgIpc) is 3.11. The van der Waals surface area contributed by atoms with Crippen LogP contribution in [0.2, 0.25) is 0 Å². The molecule has 100 valence electrons. The van der Waals surface area contributed by atoms with Crippen LogP contribution in [-0.2, 0) is 14.3 Å². The van der Waals surface area contributed by atoms with Crippen molar-refractivity contribution in [3.05, 3.63) is 0 Å². The maximum absolute atomic E-state index is 11.3. The molecular formula is C12H24N2O3. The molecule has 2 N–H and O–H groups in total. The highest BCUT2D eigenvalue weighted by Crippen LogP contribution is 2.18. The summed E-state index contributed by atoms with van der Waals surface area (Å²) in [5.74, 6) is 0.163. The van der Waals surface area contributed by atoms with Gasteiger partial charge in [0.25, 0.3) is 0 Å². The molecule has 0 aromatic heterocycles. The molecule has 0 bridgehead atoms. The third-order valence-corrected chi connectivity index (χ3v) is 2.55. The monoisotopic (exact) mass is 244 g/mol. The van der Waals surface area contributed by atoms with Crippen LogP contribution in [0.25, 0.3) is 0 Å². The zero-order valence-corrected chi connectivity index (χ0v) is 10.7. The normalized spacial score (nSPS) is 14.9. The van der Waals surface area contributed by atoms with E-state index in [2.05, 4.69) is 10.6 Å². The summed E-state index contributed by atoms with van der Waals surface area (Å²) >= 11 is 0. The minimum absolute atomic E-state index is 0.163. The number of hydrogen-bond acceptors (Lipinski definition) is 4. The first kappa shape index (κ1) is 14.4. The molecule has 0 atom stereocenters. The Hall–Kier alpha value is -0.650. The fraction of sp³-hybridized carbons (Fsp3) is 0.917. The van der Waals surface area contributed by atoms with E-state index < -0.39 is 0 Å². The molecule has 17 heavy (non-hydrogen) atoms. The van der Waals surface area contributed by atoms with Gasteiger partial charge in [-0.1, -0.05) is 0 Å². The highest BCUT2D eigenvalue weighted by molar-refractivity contribution is 5.76. The van der Waals surface area contributed by atoms with Crippen molar-refractivity contribution in [2.24, 2.45) is 0 Å². The Morgan fingerprint density at radius 1 is 1.24 bits per heavy atom.